The van der Waals surface area contributed by atoms with Gasteiger partial charge in [-0.3, -0.25) is 19.2 Å². The van der Waals surface area contributed by atoms with Crippen LogP contribution in [0.2, 0.25) is 0 Å². The van der Waals surface area contributed by atoms with Crippen LogP contribution < -0.4 is 21.7 Å². The predicted octanol–water partition coefficient (Wildman–Crippen LogP) is -1.93. The molecule has 0 heterocycles. The first-order valence-electron chi connectivity index (χ1n) is 9.75. The third-order valence-corrected chi connectivity index (χ3v) is 5.04. The number of hydrogen-bond donors (Lipinski definition) is 8. The summed E-state index contributed by atoms with van der Waals surface area (Å²) in [5.41, 5.74) is 5.55. The van der Waals surface area contributed by atoms with E-state index in [1.54, 1.807) is 13.8 Å². The van der Waals surface area contributed by atoms with Gasteiger partial charge in [0, 0.05) is 12.2 Å². The lowest BCUT2D eigenvalue weighted by molar-refractivity contribution is -0.143. The summed E-state index contributed by atoms with van der Waals surface area (Å²) < 4.78 is 0. The number of amides is 3. The smallest absolute Gasteiger partial charge is 0.326 e. The molecule has 178 valence electrons. The van der Waals surface area contributed by atoms with Crippen molar-refractivity contribution in [1.29, 1.82) is 0 Å². The Labute approximate surface area is 185 Å². The molecule has 0 rings (SSSR count). The molecule has 0 aromatic carbocycles. The quantitative estimate of drug-likeness (QED) is 0.134. The van der Waals surface area contributed by atoms with Crippen molar-refractivity contribution in [2.75, 3.05) is 5.75 Å². The van der Waals surface area contributed by atoms with Gasteiger partial charge in [0.05, 0.1) is 12.1 Å². The number of nitrogens with two attached hydrogens (primary N) is 1. The van der Waals surface area contributed by atoms with E-state index in [9.17, 15) is 34.2 Å². The Hall–Kier alpha value is -2.38. The molecule has 0 radical (unpaired) electrons. The van der Waals surface area contributed by atoms with Gasteiger partial charge < -0.3 is 37.0 Å². The molecule has 0 aromatic rings. The van der Waals surface area contributed by atoms with Gasteiger partial charge in [-0.2, -0.15) is 12.6 Å². The normalized spacial score (nSPS) is 16.7. The summed E-state index contributed by atoms with van der Waals surface area (Å²) in [6.45, 7) is 4.65. The van der Waals surface area contributed by atoms with Crippen molar-refractivity contribution in [3.8, 4) is 0 Å². The van der Waals surface area contributed by atoms with Crippen molar-refractivity contribution >= 4 is 42.3 Å². The minimum atomic E-state index is -1.47. The second kappa shape index (κ2) is 13.8. The zero-order valence-electron chi connectivity index (χ0n) is 17.7. The van der Waals surface area contributed by atoms with Crippen LogP contribution in [0, 0.1) is 5.92 Å². The standard InChI is InChI=1S/C18H32N4O8S/c1-4-8(2)13(16(27)20-11(18(29)30)5-6-12(24)25)21-17(28)14(9(3)23)22-15(26)10(19)7-31/h8-11,13-14,23,31H,4-7,19H2,1-3H3,(H,20,27)(H,21,28)(H,22,26)(H,24,25)(H,29,30). The number of carbonyl (C=O) groups excluding carboxylic acids is 3. The predicted molar refractivity (Wildman–Crippen MR) is 113 cm³/mol. The van der Waals surface area contributed by atoms with E-state index in [1.807, 2.05) is 0 Å². The Kier molecular flexibility index (Phi) is 12.8. The molecule has 0 fully saturated rings. The van der Waals surface area contributed by atoms with E-state index in [1.165, 1.54) is 6.92 Å². The molecule has 13 heteroatoms. The second-order valence-corrected chi connectivity index (χ2v) is 7.58. The van der Waals surface area contributed by atoms with Crippen LogP contribution in [0.3, 0.4) is 0 Å². The Balaban J connectivity index is 5.46. The molecule has 6 atom stereocenters. The van der Waals surface area contributed by atoms with E-state index < -0.39 is 72.3 Å². The van der Waals surface area contributed by atoms with Crippen LogP contribution in [0.25, 0.3) is 0 Å². The summed E-state index contributed by atoms with van der Waals surface area (Å²) in [6.07, 6.45) is -1.70. The number of aliphatic hydroxyl groups is 1. The Morgan fingerprint density at radius 3 is 1.87 bits per heavy atom. The zero-order valence-corrected chi connectivity index (χ0v) is 18.6. The minimum absolute atomic E-state index is 0.00476. The van der Waals surface area contributed by atoms with Crippen LogP contribution >= 0.6 is 12.6 Å². The monoisotopic (exact) mass is 464 g/mol. The number of thiol groups is 1. The van der Waals surface area contributed by atoms with Crippen molar-refractivity contribution in [3.63, 3.8) is 0 Å². The van der Waals surface area contributed by atoms with Gasteiger partial charge in [-0.15, -0.1) is 0 Å². The van der Waals surface area contributed by atoms with E-state index in [2.05, 4.69) is 28.6 Å². The second-order valence-electron chi connectivity index (χ2n) is 7.22. The summed E-state index contributed by atoms with van der Waals surface area (Å²) in [7, 11) is 0. The molecule has 0 aliphatic rings. The molecule has 0 saturated heterocycles. The van der Waals surface area contributed by atoms with Crippen LogP contribution in [0.4, 0.5) is 0 Å². The van der Waals surface area contributed by atoms with E-state index in [0.29, 0.717) is 6.42 Å². The molecular weight excluding hydrogens is 432 g/mol. The topological polar surface area (TPSA) is 208 Å². The maximum absolute atomic E-state index is 12.7. The number of aliphatic carboxylic acids is 2. The van der Waals surface area contributed by atoms with Crippen LogP contribution in [0.5, 0.6) is 0 Å². The molecule has 3 amide bonds. The Morgan fingerprint density at radius 1 is 0.935 bits per heavy atom. The van der Waals surface area contributed by atoms with E-state index in [-0.39, 0.29) is 12.2 Å². The van der Waals surface area contributed by atoms with Gasteiger partial charge in [-0.05, 0) is 19.3 Å². The lowest BCUT2D eigenvalue weighted by Crippen LogP contribution is -2.61. The first kappa shape index (κ1) is 28.6. The molecule has 0 bridgehead atoms. The molecule has 0 aliphatic heterocycles. The molecular formula is C18H32N4O8S. The number of hydrogen-bond acceptors (Lipinski definition) is 8. The third kappa shape index (κ3) is 9.98. The molecule has 0 aromatic heterocycles. The Bertz CT molecular complexity index is 660. The highest BCUT2D eigenvalue weighted by Crippen LogP contribution is 2.10. The number of nitrogens with one attached hydrogen (secondary N) is 3. The fourth-order valence-corrected chi connectivity index (χ4v) is 2.65. The van der Waals surface area contributed by atoms with Crippen LogP contribution in [0.1, 0.15) is 40.0 Å². The van der Waals surface area contributed by atoms with Gasteiger partial charge in [0.1, 0.15) is 18.1 Å². The number of carboxylic acids is 2. The van der Waals surface area contributed by atoms with Gasteiger partial charge in [-0.25, -0.2) is 4.79 Å². The summed E-state index contributed by atoms with van der Waals surface area (Å²) in [5, 5.41) is 34.8. The number of carbonyl (C=O) groups is 5. The Morgan fingerprint density at radius 2 is 1.45 bits per heavy atom. The van der Waals surface area contributed by atoms with Crippen molar-refractivity contribution in [1.82, 2.24) is 16.0 Å². The molecule has 0 spiro atoms. The fourth-order valence-electron chi connectivity index (χ4n) is 2.48. The summed E-state index contributed by atoms with van der Waals surface area (Å²) >= 11 is 3.89. The largest absolute Gasteiger partial charge is 0.481 e. The maximum Gasteiger partial charge on any atom is 0.326 e. The van der Waals surface area contributed by atoms with Crippen molar-refractivity contribution in [2.24, 2.45) is 11.7 Å². The number of carboxylic acid groups (broad SMARTS) is 2. The van der Waals surface area contributed by atoms with E-state index in [0.717, 1.165) is 0 Å². The van der Waals surface area contributed by atoms with Crippen molar-refractivity contribution in [2.45, 2.75) is 70.3 Å². The molecule has 8 N–H and O–H groups in total. The van der Waals surface area contributed by atoms with Crippen LogP contribution in [0.15, 0.2) is 0 Å². The van der Waals surface area contributed by atoms with Crippen molar-refractivity contribution < 1.29 is 39.3 Å². The lowest BCUT2D eigenvalue weighted by atomic mass is 9.97. The summed E-state index contributed by atoms with van der Waals surface area (Å²) in [6, 6.07) is -5.09. The van der Waals surface area contributed by atoms with Gasteiger partial charge in [0.25, 0.3) is 0 Å². The van der Waals surface area contributed by atoms with Gasteiger partial charge in [0.15, 0.2) is 0 Å². The fraction of sp³-hybridized carbons (Fsp3) is 0.722. The minimum Gasteiger partial charge on any atom is -0.481 e. The average Bonchev–Trinajstić information content (AvgIpc) is 2.70. The van der Waals surface area contributed by atoms with E-state index >= 15 is 0 Å². The highest BCUT2D eigenvalue weighted by molar-refractivity contribution is 7.80. The number of rotatable bonds is 14. The average molecular weight is 465 g/mol. The molecule has 0 saturated carbocycles. The van der Waals surface area contributed by atoms with Crippen LogP contribution in [-0.4, -0.2) is 81.0 Å². The summed E-state index contributed by atoms with van der Waals surface area (Å²) in [5.74, 6) is -5.50. The highest BCUT2D eigenvalue weighted by Gasteiger charge is 2.34. The molecule has 0 aliphatic carbocycles. The third-order valence-electron chi connectivity index (χ3n) is 4.65. The lowest BCUT2D eigenvalue weighted by Gasteiger charge is -2.28. The number of aliphatic hydroxyl groups excluding tert-OH is 1. The molecule has 12 nitrogen and oxygen atoms in total. The van der Waals surface area contributed by atoms with Gasteiger partial charge >= 0.3 is 11.9 Å². The van der Waals surface area contributed by atoms with E-state index in [4.69, 9.17) is 10.8 Å². The van der Waals surface area contributed by atoms with Gasteiger partial charge in [-0.1, -0.05) is 20.3 Å². The first-order valence-corrected chi connectivity index (χ1v) is 10.4. The summed E-state index contributed by atoms with van der Waals surface area (Å²) in [4.78, 5) is 59.4. The molecule has 31 heavy (non-hydrogen) atoms. The highest BCUT2D eigenvalue weighted by atomic mass is 32.1. The molecule has 6 unspecified atom stereocenters. The van der Waals surface area contributed by atoms with Gasteiger partial charge in [0.2, 0.25) is 17.7 Å². The first-order chi connectivity index (χ1) is 14.3. The van der Waals surface area contributed by atoms with Crippen LogP contribution in [-0.2, 0) is 24.0 Å². The zero-order chi connectivity index (χ0) is 24.3. The SMILES string of the molecule is CCC(C)C(NC(=O)C(NC(=O)C(N)CS)C(C)O)C(=O)NC(CCC(=O)O)C(=O)O. The van der Waals surface area contributed by atoms with Crippen molar-refractivity contribution in [3.05, 3.63) is 0 Å². The maximum atomic E-state index is 12.7.